The first kappa shape index (κ1) is 10.9. The van der Waals surface area contributed by atoms with Crippen LogP contribution in [0.1, 0.15) is 11.1 Å². The monoisotopic (exact) mass is 238 g/mol. The van der Waals surface area contributed by atoms with Crippen LogP contribution in [0.3, 0.4) is 0 Å². The number of nitrogens with one attached hydrogen (secondary N) is 1. The molecule has 2 heterocycles. The fraction of sp³-hybridized carbons (Fsp3) is 0.143. The number of para-hydroxylation sites is 1. The summed E-state index contributed by atoms with van der Waals surface area (Å²) in [5.41, 5.74) is 10.9. The molecule has 0 aliphatic carbocycles. The number of aromatic nitrogens is 3. The Balaban J connectivity index is 2.22. The maximum atomic E-state index is 5.63. The van der Waals surface area contributed by atoms with Gasteiger partial charge in [-0.15, -0.1) is 0 Å². The Kier molecular flexibility index (Phi) is 2.57. The zero-order valence-corrected chi connectivity index (χ0v) is 10.1. The number of hydrogen-bond acceptors (Lipinski definition) is 3. The molecular formula is C14H14N4. The second-order valence-corrected chi connectivity index (χ2v) is 4.35. The summed E-state index contributed by atoms with van der Waals surface area (Å²) in [7, 11) is 0. The average molecular weight is 238 g/mol. The van der Waals surface area contributed by atoms with Crippen molar-refractivity contribution < 1.29 is 0 Å². The van der Waals surface area contributed by atoms with E-state index in [9.17, 15) is 0 Å². The Hall–Kier alpha value is -2.20. The SMILES string of the molecule is Cc1cccc2c(-c3cc(CN)cnn3)c[nH]c12. The maximum Gasteiger partial charge on any atom is 0.0954 e. The summed E-state index contributed by atoms with van der Waals surface area (Å²) in [6.45, 7) is 2.56. The molecule has 0 saturated carbocycles. The summed E-state index contributed by atoms with van der Waals surface area (Å²) in [6, 6.07) is 8.21. The van der Waals surface area contributed by atoms with Crippen molar-refractivity contribution in [3.63, 3.8) is 0 Å². The van der Waals surface area contributed by atoms with Crippen molar-refractivity contribution in [2.24, 2.45) is 5.73 Å². The number of benzene rings is 1. The van der Waals surface area contributed by atoms with Gasteiger partial charge in [0.25, 0.3) is 0 Å². The van der Waals surface area contributed by atoms with Crippen molar-refractivity contribution in [2.45, 2.75) is 13.5 Å². The minimum absolute atomic E-state index is 0.476. The topological polar surface area (TPSA) is 67.6 Å². The molecule has 4 heteroatoms. The Morgan fingerprint density at radius 1 is 1.33 bits per heavy atom. The minimum atomic E-state index is 0.476. The summed E-state index contributed by atoms with van der Waals surface area (Å²) in [4.78, 5) is 3.29. The molecule has 0 bridgehead atoms. The van der Waals surface area contributed by atoms with Crippen LogP contribution in [-0.2, 0) is 6.54 Å². The van der Waals surface area contributed by atoms with Crippen molar-refractivity contribution in [2.75, 3.05) is 0 Å². The van der Waals surface area contributed by atoms with Gasteiger partial charge in [-0.3, -0.25) is 0 Å². The summed E-state index contributed by atoms with van der Waals surface area (Å²) < 4.78 is 0. The van der Waals surface area contributed by atoms with Gasteiger partial charge in [0.2, 0.25) is 0 Å². The van der Waals surface area contributed by atoms with E-state index < -0.39 is 0 Å². The third-order valence-electron chi connectivity index (χ3n) is 3.15. The first-order valence-electron chi connectivity index (χ1n) is 5.88. The van der Waals surface area contributed by atoms with Crippen LogP contribution >= 0.6 is 0 Å². The second kappa shape index (κ2) is 4.23. The molecular weight excluding hydrogens is 224 g/mol. The lowest BCUT2D eigenvalue weighted by molar-refractivity contribution is 0.972. The molecule has 1 aromatic carbocycles. The molecule has 0 spiro atoms. The Morgan fingerprint density at radius 3 is 3.06 bits per heavy atom. The van der Waals surface area contributed by atoms with Gasteiger partial charge in [-0.2, -0.15) is 10.2 Å². The first-order chi connectivity index (χ1) is 8.79. The predicted molar refractivity (Wildman–Crippen MR) is 72.0 cm³/mol. The van der Waals surface area contributed by atoms with Crippen LogP contribution in [0.2, 0.25) is 0 Å². The molecule has 0 saturated heterocycles. The predicted octanol–water partition coefficient (Wildman–Crippen LogP) is 2.39. The van der Waals surface area contributed by atoms with Gasteiger partial charge in [0, 0.05) is 29.2 Å². The van der Waals surface area contributed by atoms with E-state index in [-0.39, 0.29) is 0 Å². The fourth-order valence-corrected chi connectivity index (χ4v) is 2.17. The lowest BCUT2D eigenvalue weighted by Crippen LogP contribution is -1.98. The Labute approximate surface area is 105 Å². The normalized spacial score (nSPS) is 11.0. The van der Waals surface area contributed by atoms with E-state index in [1.54, 1.807) is 6.20 Å². The van der Waals surface area contributed by atoms with E-state index >= 15 is 0 Å². The van der Waals surface area contributed by atoms with E-state index in [0.29, 0.717) is 6.54 Å². The number of fused-ring (bicyclic) bond motifs is 1. The number of H-pyrrole nitrogens is 1. The number of nitrogens with two attached hydrogens (primary N) is 1. The number of nitrogens with zero attached hydrogens (tertiary/aromatic N) is 2. The largest absolute Gasteiger partial charge is 0.360 e. The maximum absolute atomic E-state index is 5.63. The summed E-state index contributed by atoms with van der Waals surface area (Å²) in [5.74, 6) is 0. The van der Waals surface area contributed by atoms with Crippen LogP contribution in [0.5, 0.6) is 0 Å². The second-order valence-electron chi connectivity index (χ2n) is 4.35. The van der Waals surface area contributed by atoms with Crippen LogP contribution < -0.4 is 5.73 Å². The summed E-state index contributed by atoms with van der Waals surface area (Å²) in [5, 5.41) is 9.35. The zero-order chi connectivity index (χ0) is 12.5. The number of aromatic amines is 1. The molecule has 2 aromatic heterocycles. The van der Waals surface area contributed by atoms with Crippen molar-refractivity contribution in [3.05, 3.63) is 47.8 Å². The highest BCUT2D eigenvalue weighted by molar-refractivity contribution is 5.96. The highest BCUT2D eigenvalue weighted by Gasteiger charge is 2.09. The van der Waals surface area contributed by atoms with Crippen molar-refractivity contribution in [1.82, 2.24) is 15.2 Å². The molecule has 0 aliphatic rings. The van der Waals surface area contributed by atoms with Crippen molar-refractivity contribution in [1.29, 1.82) is 0 Å². The highest BCUT2D eigenvalue weighted by atomic mass is 15.1. The van der Waals surface area contributed by atoms with Crippen molar-refractivity contribution in [3.8, 4) is 11.3 Å². The lowest BCUT2D eigenvalue weighted by atomic mass is 10.1. The number of aryl methyl sites for hydroxylation is 1. The van der Waals surface area contributed by atoms with Crippen LogP contribution in [0.15, 0.2) is 36.7 Å². The molecule has 0 unspecified atom stereocenters. The molecule has 3 rings (SSSR count). The van der Waals surface area contributed by atoms with Gasteiger partial charge < -0.3 is 10.7 Å². The quantitative estimate of drug-likeness (QED) is 0.720. The van der Waals surface area contributed by atoms with Gasteiger partial charge in [0.15, 0.2) is 0 Å². The highest BCUT2D eigenvalue weighted by Crippen LogP contribution is 2.28. The van der Waals surface area contributed by atoms with E-state index in [0.717, 1.165) is 22.3 Å². The molecule has 18 heavy (non-hydrogen) atoms. The fourth-order valence-electron chi connectivity index (χ4n) is 2.17. The van der Waals surface area contributed by atoms with Gasteiger partial charge in [0.1, 0.15) is 0 Å². The molecule has 0 radical (unpaired) electrons. The summed E-state index contributed by atoms with van der Waals surface area (Å²) in [6.07, 6.45) is 3.67. The van der Waals surface area contributed by atoms with Gasteiger partial charge in [0.05, 0.1) is 11.9 Å². The van der Waals surface area contributed by atoms with Crippen molar-refractivity contribution >= 4 is 10.9 Å². The average Bonchev–Trinajstić information content (AvgIpc) is 2.84. The molecule has 90 valence electrons. The summed E-state index contributed by atoms with van der Waals surface area (Å²) >= 11 is 0. The molecule has 3 aromatic rings. The molecule has 0 atom stereocenters. The first-order valence-corrected chi connectivity index (χ1v) is 5.88. The van der Waals surface area contributed by atoms with E-state index in [2.05, 4.69) is 40.3 Å². The zero-order valence-electron chi connectivity index (χ0n) is 10.1. The van der Waals surface area contributed by atoms with Gasteiger partial charge in [-0.1, -0.05) is 18.2 Å². The number of hydrogen-bond donors (Lipinski definition) is 2. The Morgan fingerprint density at radius 2 is 2.22 bits per heavy atom. The lowest BCUT2D eigenvalue weighted by Gasteiger charge is -2.01. The molecule has 4 nitrogen and oxygen atoms in total. The minimum Gasteiger partial charge on any atom is -0.360 e. The molecule has 0 aliphatic heterocycles. The third kappa shape index (κ3) is 1.67. The third-order valence-corrected chi connectivity index (χ3v) is 3.15. The number of rotatable bonds is 2. The van der Waals surface area contributed by atoms with Crippen LogP contribution in [0, 0.1) is 6.92 Å². The molecule has 0 fully saturated rings. The van der Waals surface area contributed by atoms with E-state index in [1.165, 1.54) is 10.9 Å². The van der Waals surface area contributed by atoms with Crippen LogP contribution in [-0.4, -0.2) is 15.2 Å². The molecule has 0 amide bonds. The standard InChI is InChI=1S/C14H14N4/c1-9-3-2-4-11-12(8-16-14(9)11)13-5-10(6-15)7-17-18-13/h2-5,7-8,16H,6,15H2,1H3. The van der Waals surface area contributed by atoms with E-state index in [4.69, 9.17) is 5.73 Å². The van der Waals surface area contributed by atoms with Crippen LogP contribution in [0.25, 0.3) is 22.2 Å². The van der Waals surface area contributed by atoms with Gasteiger partial charge in [-0.25, -0.2) is 0 Å². The molecule has 3 N–H and O–H groups in total. The van der Waals surface area contributed by atoms with Gasteiger partial charge in [-0.05, 0) is 24.1 Å². The van der Waals surface area contributed by atoms with Crippen LogP contribution in [0.4, 0.5) is 0 Å². The Bertz CT molecular complexity index is 700. The smallest absolute Gasteiger partial charge is 0.0954 e. The van der Waals surface area contributed by atoms with E-state index in [1.807, 2.05) is 12.3 Å². The van der Waals surface area contributed by atoms with Gasteiger partial charge >= 0.3 is 0 Å².